The molecule has 17 heavy (non-hydrogen) atoms. The van der Waals surface area contributed by atoms with E-state index in [0.29, 0.717) is 0 Å². The van der Waals surface area contributed by atoms with Crippen LogP contribution in [-0.4, -0.2) is 10.1 Å². The highest BCUT2D eigenvalue weighted by Gasteiger charge is 2.28. The third-order valence-corrected chi connectivity index (χ3v) is 4.21. The van der Waals surface area contributed by atoms with Gasteiger partial charge in [0.2, 0.25) is 0 Å². The minimum absolute atomic E-state index is 0.162. The maximum Gasteiger partial charge on any atom is 0.0881 e. The van der Waals surface area contributed by atoms with Crippen molar-refractivity contribution in [3.63, 3.8) is 0 Å². The summed E-state index contributed by atoms with van der Waals surface area (Å²) in [6.45, 7) is 0. The smallest absolute Gasteiger partial charge is 0.0881 e. The monoisotopic (exact) mass is 245 g/mol. The highest BCUT2D eigenvalue weighted by Crippen LogP contribution is 2.39. The topological polar surface area (TPSA) is 33.1 Å². The van der Waals surface area contributed by atoms with Gasteiger partial charge in [0.05, 0.1) is 6.10 Å². The number of aliphatic hydroxyl groups excluding tert-OH is 1. The van der Waals surface area contributed by atoms with Gasteiger partial charge in [-0.3, -0.25) is 4.98 Å². The van der Waals surface area contributed by atoms with Crippen molar-refractivity contribution < 1.29 is 5.11 Å². The Labute approximate surface area is 105 Å². The van der Waals surface area contributed by atoms with Crippen molar-refractivity contribution in [1.29, 1.82) is 0 Å². The third-order valence-electron chi connectivity index (χ3n) is 3.50. The second-order valence-corrected chi connectivity index (χ2v) is 5.33. The van der Waals surface area contributed by atoms with E-state index in [1.165, 1.54) is 5.56 Å². The Morgan fingerprint density at radius 3 is 3.18 bits per heavy atom. The standard InChI is InChI=1S/C14H15NOS/c16-14(11-6-8-17-9-11)12-5-1-3-10-4-2-7-15-13(10)12/h2,4,6-9,12,14,16H,1,3,5H2. The van der Waals surface area contributed by atoms with Crippen LogP contribution in [0.3, 0.4) is 0 Å². The molecule has 0 aromatic carbocycles. The van der Waals surface area contributed by atoms with Gasteiger partial charge < -0.3 is 5.11 Å². The van der Waals surface area contributed by atoms with Crippen LogP contribution in [0.5, 0.6) is 0 Å². The summed E-state index contributed by atoms with van der Waals surface area (Å²) in [5, 5.41) is 14.5. The number of hydrogen-bond donors (Lipinski definition) is 1. The van der Waals surface area contributed by atoms with Gasteiger partial charge in [-0.2, -0.15) is 11.3 Å². The highest BCUT2D eigenvalue weighted by atomic mass is 32.1. The molecular weight excluding hydrogens is 230 g/mol. The first-order valence-electron chi connectivity index (χ1n) is 6.00. The van der Waals surface area contributed by atoms with E-state index >= 15 is 0 Å². The van der Waals surface area contributed by atoms with Gasteiger partial charge in [-0.1, -0.05) is 6.07 Å². The van der Waals surface area contributed by atoms with Crippen LogP contribution in [0, 0.1) is 0 Å². The predicted molar refractivity (Wildman–Crippen MR) is 69.2 cm³/mol. The van der Waals surface area contributed by atoms with Gasteiger partial charge in [0, 0.05) is 17.8 Å². The Hall–Kier alpha value is -1.19. The minimum Gasteiger partial charge on any atom is -0.388 e. The van der Waals surface area contributed by atoms with E-state index < -0.39 is 6.10 Å². The number of aromatic nitrogens is 1. The summed E-state index contributed by atoms with van der Waals surface area (Å²) in [7, 11) is 0. The number of aryl methyl sites for hydroxylation is 1. The first-order chi connectivity index (χ1) is 8.36. The fraction of sp³-hybridized carbons (Fsp3) is 0.357. The van der Waals surface area contributed by atoms with Crippen molar-refractivity contribution >= 4 is 11.3 Å². The van der Waals surface area contributed by atoms with Crippen molar-refractivity contribution in [3.8, 4) is 0 Å². The van der Waals surface area contributed by atoms with Gasteiger partial charge in [-0.05, 0) is 53.3 Å². The van der Waals surface area contributed by atoms with E-state index in [2.05, 4.69) is 11.1 Å². The molecule has 2 nitrogen and oxygen atoms in total. The molecule has 0 spiro atoms. The van der Waals surface area contributed by atoms with Crippen molar-refractivity contribution in [2.24, 2.45) is 0 Å². The molecular formula is C14H15NOS. The summed E-state index contributed by atoms with van der Waals surface area (Å²) in [5.74, 6) is 0.162. The highest BCUT2D eigenvalue weighted by molar-refractivity contribution is 7.07. The minimum atomic E-state index is -0.407. The number of hydrogen-bond acceptors (Lipinski definition) is 3. The van der Waals surface area contributed by atoms with Crippen LogP contribution in [0.1, 0.15) is 41.7 Å². The van der Waals surface area contributed by atoms with Crippen LogP contribution in [0.2, 0.25) is 0 Å². The van der Waals surface area contributed by atoms with E-state index in [4.69, 9.17) is 0 Å². The number of rotatable bonds is 2. The number of nitrogens with zero attached hydrogens (tertiary/aromatic N) is 1. The molecule has 0 saturated carbocycles. The Morgan fingerprint density at radius 1 is 1.41 bits per heavy atom. The van der Waals surface area contributed by atoms with Gasteiger partial charge in [0.1, 0.15) is 0 Å². The molecule has 1 N–H and O–H groups in total. The molecule has 2 unspecified atom stereocenters. The average molecular weight is 245 g/mol. The van der Waals surface area contributed by atoms with E-state index in [1.807, 2.05) is 29.1 Å². The van der Waals surface area contributed by atoms with Gasteiger partial charge >= 0.3 is 0 Å². The number of fused-ring (bicyclic) bond motifs is 1. The van der Waals surface area contributed by atoms with Crippen LogP contribution >= 0.6 is 11.3 Å². The summed E-state index contributed by atoms with van der Waals surface area (Å²) in [6.07, 6.45) is 4.69. The molecule has 2 atom stereocenters. The predicted octanol–water partition coefficient (Wildman–Crippen LogP) is 3.30. The molecule has 2 heterocycles. The zero-order valence-electron chi connectivity index (χ0n) is 9.54. The first-order valence-corrected chi connectivity index (χ1v) is 6.94. The Kier molecular flexibility index (Phi) is 2.95. The molecule has 0 bridgehead atoms. The van der Waals surface area contributed by atoms with Gasteiger partial charge in [-0.15, -0.1) is 0 Å². The van der Waals surface area contributed by atoms with Crippen LogP contribution in [0.25, 0.3) is 0 Å². The van der Waals surface area contributed by atoms with Crippen molar-refractivity contribution in [2.45, 2.75) is 31.3 Å². The maximum absolute atomic E-state index is 10.4. The summed E-state index contributed by atoms with van der Waals surface area (Å²) < 4.78 is 0. The molecule has 3 heteroatoms. The van der Waals surface area contributed by atoms with Gasteiger partial charge in [-0.25, -0.2) is 0 Å². The summed E-state index contributed by atoms with van der Waals surface area (Å²) in [5.41, 5.74) is 3.42. The zero-order valence-corrected chi connectivity index (χ0v) is 10.4. The summed E-state index contributed by atoms with van der Waals surface area (Å²) >= 11 is 1.63. The van der Waals surface area contributed by atoms with E-state index in [0.717, 1.165) is 30.5 Å². The van der Waals surface area contributed by atoms with Crippen LogP contribution < -0.4 is 0 Å². The molecule has 0 saturated heterocycles. The quantitative estimate of drug-likeness (QED) is 0.880. The normalized spacial score (nSPS) is 20.9. The molecule has 1 aliphatic carbocycles. The third kappa shape index (κ3) is 2.01. The van der Waals surface area contributed by atoms with Crippen LogP contribution in [0.15, 0.2) is 35.2 Å². The van der Waals surface area contributed by atoms with Crippen LogP contribution in [-0.2, 0) is 6.42 Å². The summed E-state index contributed by atoms with van der Waals surface area (Å²) in [4.78, 5) is 4.48. The second-order valence-electron chi connectivity index (χ2n) is 4.55. The van der Waals surface area contributed by atoms with Crippen LogP contribution in [0.4, 0.5) is 0 Å². The van der Waals surface area contributed by atoms with Crippen molar-refractivity contribution in [3.05, 3.63) is 52.0 Å². The lowest BCUT2D eigenvalue weighted by Crippen LogP contribution is -2.18. The van der Waals surface area contributed by atoms with Gasteiger partial charge in [0.15, 0.2) is 0 Å². The maximum atomic E-state index is 10.4. The Bertz CT molecular complexity index is 495. The number of thiophene rings is 1. The molecule has 0 fully saturated rings. The molecule has 1 aliphatic rings. The fourth-order valence-electron chi connectivity index (χ4n) is 2.63. The van der Waals surface area contributed by atoms with Crippen molar-refractivity contribution in [2.75, 3.05) is 0 Å². The largest absolute Gasteiger partial charge is 0.388 e. The zero-order chi connectivity index (χ0) is 11.7. The van der Waals surface area contributed by atoms with Crippen molar-refractivity contribution in [1.82, 2.24) is 4.98 Å². The lowest BCUT2D eigenvalue weighted by molar-refractivity contribution is 0.134. The molecule has 2 aromatic rings. The lowest BCUT2D eigenvalue weighted by atomic mass is 9.81. The molecule has 2 aromatic heterocycles. The number of aliphatic hydroxyl groups is 1. The first kappa shape index (κ1) is 10.9. The van der Waals surface area contributed by atoms with E-state index in [1.54, 1.807) is 11.3 Å². The summed E-state index contributed by atoms with van der Waals surface area (Å²) in [6, 6.07) is 6.12. The Morgan fingerprint density at radius 2 is 2.35 bits per heavy atom. The SMILES string of the molecule is OC(c1ccsc1)C1CCCc2cccnc21. The fourth-order valence-corrected chi connectivity index (χ4v) is 3.32. The molecule has 0 aliphatic heterocycles. The Balaban J connectivity index is 1.95. The van der Waals surface area contributed by atoms with E-state index in [-0.39, 0.29) is 5.92 Å². The molecule has 0 amide bonds. The average Bonchev–Trinajstić information content (AvgIpc) is 2.91. The second kappa shape index (κ2) is 4.59. The molecule has 88 valence electrons. The van der Waals surface area contributed by atoms with Gasteiger partial charge in [0.25, 0.3) is 0 Å². The molecule has 3 rings (SSSR count). The lowest BCUT2D eigenvalue weighted by Gasteiger charge is -2.27. The molecule has 0 radical (unpaired) electrons. The number of pyridine rings is 1. The van der Waals surface area contributed by atoms with E-state index in [9.17, 15) is 5.11 Å².